The summed E-state index contributed by atoms with van der Waals surface area (Å²) >= 11 is 1.64. The number of aromatic nitrogens is 3. The molecule has 0 radical (unpaired) electrons. The zero-order valence-corrected chi connectivity index (χ0v) is 18.8. The van der Waals surface area contributed by atoms with E-state index in [1.165, 1.54) is 0 Å². The first kappa shape index (κ1) is 20.4. The fourth-order valence-corrected chi connectivity index (χ4v) is 4.63. The number of piperazine rings is 1. The van der Waals surface area contributed by atoms with Crippen molar-refractivity contribution in [1.82, 2.24) is 25.2 Å². The van der Waals surface area contributed by atoms with Gasteiger partial charge in [-0.1, -0.05) is 12.1 Å². The average molecular weight is 448 g/mol. The number of nitrogens with zero attached hydrogens (tertiary/aromatic N) is 6. The van der Waals surface area contributed by atoms with Crippen molar-refractivity contribution in [3.05, 3.63) is 60.6 Å². The molecular formula is C23H25N7OS. The van der Waals surface area contributed by atoms with Crippen LogP contribution < -0.4 is 10.2 Å². The second kappa shape index (κ2) is 9.35. The molecule has 9 heteroatoms. The summed E-state index contributed by atoms with van der Waals surface area (Å²) in [6.07, 6.45) is 3.57. The zero-order chi connectivity index (χ0) is 21.8. The minimum Gasteiger partial charge on any atom is -0.457 e. The number of nitrogens with one attached hydrogen (secondary N) is 1. The van der Waals surface area contributed by atoms with Crippen molar-refractivity contribution in [2.45, 2.75) is 13.5 Å². The van der Waals surface area contributed by atoms with E-state index in [1.54, 1.807) is 23.7 Å². The molecule has 3 aromatic heterocycles. The van der Waals surface area contributed by atoms with Crippen molar-refractivity contribution in [3.63, 3.8) is 0 Å². The Hall–Kier alpha value is -3.46. The van der Waals surface area contributed by atoms with E-state index < -0.39 is 0 Å². The maximum atomic E-state index is 6.06. The molecule has 5 rings (SSSR count). The molecule has 1 aromatic carbocycles. The van der Waals surface area contributed by atoms with Crippen molar-refractivity contribution in [2.24, 2.45) is 4.99 Å². The van der Waals surface area contributed by atoms with Gasteiger partial charge < -0.3 is 19.5 Å². The lowest BCUT2D eigenvalue weighted by atomic mass is 10.3. The highest BCUT2D eigenvalue weighted by atomic mass is 32.1. The van der Waals surface area contributed by atoms with Crippen LogP contribution in [0.3, 0.4) is 0 Å². The van der Waals surface area contributed by atoms with Crippen LogP contribution >= 0.6 is 11.3 Å². The third kappa shape index (κ3) is 4.43. The summed E-state index contributed by atoms with van der Waals surface area (Å²) in [6, 6.07) is 13.9. The van der Waals surface area contributed by atoms with Gasteiger partial charge in [0.05, 0.1) is 10.2 Å². The van der Waals surface area contributed by atoms with Gasteiger partial charge >= 0.3 is 0 Å². The van der Waals surface area contributed by atoms with Gasteiger partial charge in [0.25, 0.3) is 0 Å². The number of guanidine groups is 1. The molecule has 4 aromatic rings. The van der Waals surface area contributed by atoms with Gasteiger partial charge in [-0.25, -0.2) is 19.9 Å². The number of anilines is 1. The van der Waals surface area contributed by atoms with Crippen molar-refractivity contribution >= 4 is 33.5 Å². The molecule has 4 heterocycles. The van der Waals surface area contributed by atoms with Crippen molar-refractivity contribution in [2.75, 3.05) is 37.6 Å². The minimum absolute atomic E-state index is 0.481. The number of hydrogen-bond acceptors (Lipinski definition) is 7. The highest BCUT2D eigenvalue weighted by Gasteiger charge is 2.21. The Balaban J connectivity index is 1.25. The Labute approximate surface area is 190 Å². The Bertz CT molecular complexity index is 1160. The molecule has 1 fully saturated rings. The lowest BCUT2D eigenvalue weighted by molar-refractivity contribution is 0.369. The van der Waals surface area contributed by atoms with Crippen molar-refractivity contribution in [1.29, 1.82) is 0 Å². The van der Waals surface area contributed by atoms with E-state index in [-0.39, 0.29) is 0 Å². The summed E-state index contributed by atoms with van der Waals surface area (Å²) in [5.41, 5.74) is 0.998. The van der Waals surface area contributed by atoms with Crippen LogP contribution in [0.4, 0.5) is 5.95 Å². The second-order valence-electron chi connectivity index (χ2n) is 7.45. The average Bonchev–Trinajstić information content (AvgIpc) is 3.49. The van der Waals surface area contributed by atoms with Crippen molar-refractivity contribution < 1.29 is 4.42 Å². The van der Waals surface area contributed by atoms with Crippen molar-refractivity contribution in [3.8, 4) is 10.8 Å². The Morgan fingerprint density at radius 1 is 1.06 bits per heavy atom. The fourth-order valence-electron chi connectivity index (χ4n) is 3.71. The second-order valence-corrected chi connectivity index (χ2v) is 8.48. The lowest BCUT2D eigenvalue weighted by Gasteiger charge is -2.36. The fraction of sp³-hybridized carbons (Fsp3) is 0.304. The van der Waals surface area contributed by atoms with Crippen LogP contribution in [0.5, 0.6) is 0 Å². The molecule has 164 valence electrons. The van der Waals surface area contributed by atoms with E-state index in [1.807, 2.05) is 36.4 Å². The molecule has 0 aliphatic carbocycles. The van der Waals surface area contributed by atoms with Gasteiger partial charge in [-0.2, -0.15) is 0 Å². The smallest absolute Gasteiger partial charge is 0.225 e. The summed E-state index contributed by atoms with van der Waals surface area (Å²) in [5, 5.41) is 4.30. The number of aliphatic imine (C=N–C) groups is 1. The normalized spacial score (nSPS) is 14.8. The van der Waals surface area contributed by atoms with Gasteiger partial charge in [-0.15, -0.1) is 11.3 Å². The molecule has 1 aliphatic heterocycles. The maximum Gasteiger partial charge on any atom is 0.225 e. The monoisotopic (exact) mass is 447 g/mol. The van der Waals surface area contributed by atoms with Crippen LogP contribution in [0, 0.1) is 0 Å². The molecular weight excluding hydrogens is 422 g/mol. The van der Waals surface area contributed by atoms with Crippen LogP contribution in [0.1, 0.15) is 12.7 Å². The molecule has 0 amide bonds. The van der Waals surface area contributed by atoms with Gasteiger partial charge in [0, 0.05) is 45.1 Å². The van der Waals surface area contributed by atoms with Gasteiger partial charge in [-0.3, -0.25) is 0 Å². The van der Waals surface area contributed by atoms with E-state index in [4.69, 9.17) is 9.41 Å². The van der Waals surface area contributed by atoms with Crippen LogP contribution in [-0.2, 0) is 6.54 Å². The summed E-state index contributed by atoms with van der Waals surface area (Å²) in [7, 11) is 0. The van der Waals surface area contributed by atoms with Crippen LogP contribution in [0.15, 0.2) is 64.3 Å². The molecule has 0 spiro atoms. The number of furan rings is 1. The Morgan fingerprint density at radius 3 is 2.66 bits per heavy atom. The van der Waals surface area contributed by atoms with E-state index in [0.29, 0.717) is 6.54 Å². The van der Waals surface area contributed by atoms with E-state index in [9.17, 15) is 0 Å². The standard InChI is InChI=1S/C23H25N7OS/c1-2-24-22(29-12-14-30(15-13-29)23-25-10-5-11-26-23)27-16-17-8-9-19(31-17)21-28-18-6-3-4-7-20(18)32-21/h3-11H,2,12-16H2,1H3,(H,24,27). The van der Waals surface area contributed by atoms with Gasteiger partial charge in [0.1, 0.15) is 12.3 Å². The molecule has 32 heavy (non-hydrogen) atoms. The van der Waals surface area contributed by atoms with Gasteiger partial charge in [0.15, 0.2) is 16.7 Å². The molecule has 0 saturated carbocycles. The third-order valence-electron chi connectivity index (χ3n) is 5.30. The number of benzene rings is 1. The molecule has 0 unspecified atom stereocenters. The minimum atomic E-state index is 0.481. The maximum absolute atomic E-state index is 6.06. The van der Waals surface area contributed by atoms with E-state index >= 15 is 0 Å². The summed E-state index contributed by atoms with van der Waals surface area (Å²) in [6.45, 7) is 6.82. The lowest BCUT2D eigenvalue weighted by Crippen LogP contribution is -2.52. The first-order valence-corrected chi connectivity index (χ1v) is 11.6. The van der Waals surface area contributed by atoms with Crippen LogP contribution in [0.2, 0.25) is 0 Å². The third-order valence-corrected chi connectivity index (χ3v) is 6.35. The van der Waals surface area contributed by atoms with Crippen LogP contribution in [0.25, 0.3) is 21.0 Å². The molecule has 1 saturated heterocycles. The predicted octanol–water partition coefficient (Wildman–Crippen LogP) is 3.63. The molecule has 1 N–H and O–H groups in total. The summed E-state index contributed by atoms with van der Waals surface area (Å²) in [5.74, 6) is 3.30. The number of rotatable bonds is 5. The van der Waals surface area contributed by atoms with Crippen LogP contribution in [-0.4, -0.2) is 58.5 Å². The molecule has 0 bridgehead atoms. The predicted molar refractivity (Wildman–Crippen MR) is 128 cm³/mol. The SMILES string of the molecule is CCNC(=NCc1ccc(-c2nc3ccccc3s2)o1)N1CCN(c2ncccn2)CC1. The highest BCUT2D eigenvalue weighted by molar-refractivity contribution is 7.21. The number of fused-ring (bicyclic) bond motifs is 1. The topological polar surface area (TPSA) is 82.7 Å². The molecule has 8 nitrogen and oxygen atoms in total. The van der Waals surface area contributed by atoms with Gasteiger partial charge in [0.2, 0.25) is 5.95 Å². The number of hydrogen-bond donors (Lipinski definition) is 1. The Morgan fingerprint density at radius 2 is 1.88 bits per heavy atom. The molecule has 1 aliphatic rings. The number of para-hydroxylation sites is 1. The van der Waals surface area contributed by atoms with E-state index in [2.05, 4.69) is 43.1 Å². The largest absolute Gasteiger partial charge is 0.457 e. The first-order valence-electron chi connectivity index (χ1n) is 10.8. The zero-order valence-electron chi connectivity index (χ0n) is 17.9. The quantitative estimate of drug-likeness (QED) is 0.369. The summed E-state index contributed by atoms with van der Waals surface area (Å²) in [4.78, 5) is 22.7. The molecule has 0 atom stereocenters. The highest BCUT2D eigenvalue weighted by Crippen LogP contribution is 2.31. The number of thiazole rings is 1. The van der Waals surface area contributed by atoms with E-state index in [0.717, 1.165) is 71.4 Å². The van der Waals surface area contributed by atoms with Gasteiger partial charge in [-0.05, 0) is 37.3 Å². The first-order chi connectivity index (χ1) is 15.8. The Kier molecular flexibility index (Phi) is 5.98. The summed E-state index contributed by atoms with van der Waals surface area (Å²) < 4.78 is 7.22.